The molecule has 0 aromatic carbocycles. The highest BCUT2D eigenvalue weighted by Crippen LogP contribution is 2.05. The molecule has 4 N–H and O–H groups in total. The van der Waals surface area contributed by atoms with Crippen molar-refractivity contribution in [3.05, 3.63) is 0 Å². The number of hydrogen-bond donors (Lipinski definition) is 2. The van der Waals surface area contributed by atoms with Crippen molar-refractivity contribution in [2.45, 2.75) is 12.8 Å². The van der Waals surface area contributed by atoms with Gasteiger partial charge in [-0.1, -0.05) is 0 Å². The van der Waals surface area contributed by atoms with E-state index in [0.717, 1.165) is 39.3 Å². The Bertz CT molecular complexity index is 232. The fourth-order valence-electron chi connectivity index (χ4n) is 3.14. The summed E-state index contributed by atoms with van der Waals surface area (Å²) in [5.41, 5.74) is 11.7. The van der Waals surface area contributed by atoms with Gasteiger partial charge >= 0.3 is 0 Å². The van der Waals surface area contributed by atoms with Crippen LogP contribution in [0.3, 0.4) is 0 Å². The quantitative estimate of drug-likeness (QED) is 0.666. The van der Waals surface area contributed by atoms with Crippen LogP contribution in [-0.2, 0) is 0 Å². The molecule has 2 bridgehead atoms. The van der Waals surface area contributed by atoms with E-state index in [1.165, 1.54) is 39.0 Å². The van der Waals surface area contributed by atoms with Gasteiger partial charge in [0.05, 0.1) is 0 Å². The Labute approximate surface area is 123 Å². The molecule has 0 aliphatic carbocycles. The molecule has 0 spiro atoms. The van der Waals surface area contributed by atoms with Gasteiger partial charge in [-0.3, -0.25) is 9.80 Å². The Balaban J connectivity index is 1.95. The summed E-state index contributed by atoms with van der Waals surface area (Å²) in [6, 6.07) is 0. The maximum atomic E-state index is 5.85. The van der Waals surface area contributed by atoms with Crippen LogP contribution in [0.15, 0.2) is 0 Å². The first-order valence-electron chi connectivity index (χ1n) is 8.11. The second-order valence-electron chi connectivity index (χ2n) is 5.99. The van der Waals surface area contributed by atoms with Crippen molar-refractivity contribution in [2.75, 3.05) is 78.8 Å². The standard InChI is InChI=1S/C14H32N6/c15-13-19-5-1-3-17-7-8-18(10-11-19)4-2-6-20(14-16)12-9-17/h1-16H2. The lowest BCUT2D eigenvalue weighted by atomic mass is 10.2. The first-order valence-corrected chi connectivity index (χ1v) is 8.11. The van der Waals surface area contributed by atoms with E-state index in [9.17, 15) is 0 Å². The number of nitrogens with two attached hydrogens (primary N) is 2. The van der Waals surface area contributed by atoms with Gasteiger partial charge in [0.1, 0.15) is 0 Å². The van der Waals surface area contributed by atoms with Crippen molar-refractivity contribution >= 4 is 0 Å². The molecule has 0 aromatic heterocycles. The molecule has 0 aromatic rings. The topological polar surface area (TPSA) is 65.0 Å². The first kappa shape index (κ1) is 16.1. The number of fused-ring (bicyclic) bond motifs is 3. The summed E-state index contributed by atoms with van der Waals surface area (Å²) >= 11 is 0. The molecule has 20 heavy (non-hydrogen) atoms. The Hall–Kier alpha value is -0.240. The minimum atomic E-state index is 0.689. The molecule has 6 nitrogen and oxygen atoms in total. The van der Waals surface area contributed by atoms with Gasteiger partial charge in [0.25, 0.3) is 0 Å². The van der Waals surface area contributed by atoms with E-state index >= 15 is 0 Å². The van der Waals surface area contributed by atoms with Gasteiger partial charge in [0.15, 0.2) is 0 Å². The summed E-state index contributed by atoms with van der Waals surface area (Å²) in [5, 5.41) is 0. The van der Waals surface area contributed by atoms with Gasteiger partial charge in [-0.2, -0.15) is 0 Å². The molecule has 2 heterocycles. The van der Waals surface area contributed by atoms with E-state index in [2.05, 4.69) is 19.6 Å². The zero-order valence-corrected chi connectivity index (χ0v) is 12.8. The fraction of sp³-hybridized carbons (Fsp3) is 1.00. The van der Waals surface area contributed by atoms with Crippen molar-refractivity contribution in [1.82, 2.24) is 19.6 Å². The summed E-state index contributed by atoms with van der Waals surface area (Å²) in [5.74, 6) is 0. The SMILES string of the molecule is NCN1CCCN2CCN(CN)CCCN(CC1)CC2. The molecular weight excluding hydrogens is 252 g/mol. The van der Waals surface area contributed by atoms with Crippen molar-refractivity contribution in [3.63, 3.8) is 0 Å². The molecule has 6 heteroatoms. The number of rotatable bonds is 2. The van der Waals surface area contributed by atoms with Crippen LogP contribution < -0.4 is 11.5 Å². The molecule has 118 valence electrons. The van der Waals surface area contributed by atoms with E-state index in [1.807, 2.05) is 0 Å². The van der Waals surface area contributed by atoms with Crippen molar-refractivity contribution in [1.29, 1.82) is 0 Å². The molecule has 2 aliphatic heterocycles. The highest BCUT2D eigenvalue weighted by atomic mass is 15.3. The predicted molar refractivity (Wildman–Crippen MR) is 83.4 cm³/mol. The molecule has 2 rings (SSSR count). The largest absolute Gasteiger partial charge is 0.318 e. The second kappa shape index (κ2) is 8.92. The summed E-state index contributed by atoms with van der Waals surface area (Å²) in [7, 11) is 0. The molecule has 2 atom stereocenters. The van der Waals surface area contributed by atoms with Crippen LogP contribution in [0.5, 0.6) is 0 Å². The maximum absolute atomic E-state index is 5.85. The molecule has 2 fully saturated rings. The summed E-state index contributed by atoms with van der Waals surface area (Å²) in [6.07, 6.45) is 2.44. The van der Waals surface area contributed by atoms with E-state index in [4.69, 9.17) is 11.5 Å². The van der Waals surface area contributed by atoms with Gasteiger partial charge in [0.2, 0.25) is 0 Å². The van der Waals surface area contributed by atoms with Crippen LogP contribution in [0.4, 0.5) is 0 Å². The molecule has 0 saturated carbocycles. The Morgan fingerprint density at radius 1 is 0.500 bits per heavy atom. The monoisotopic (exact) mass is 284 g/mol. The summed E-state index contributed by atoms with van der Waals surface area (Å²) in [6.45, 7) is 12.9. The van der Waals surface area contributed by atoms with Crippen molar-refractivity contribution < 1.29 is 0 Å². The Kier molecular flexibility index (Phi) is 7.19. The van der Waals surface area contributed by atoms with Crippen LogP contribution in [0, 0.1) is 0 Å². The van der Waals surface area contributed by atoms with E-state index in [0.29, 0.717) is 13.3 Å². The molecule has 0 amide bonds. The third kappa shape index (κ3) is 5.27. The van der Waals surface area contributed by atoms with Gasteiger partial charge in [-0.15, -0.1) is 0 Å². The smallest absolute Gasteiger partial charge is 0.0455 e. The minimum Gasteiger partial charge on any atom is -0.318 e. The molecule has 2 saturated heterocycles. The lowest BCUT2D eigenvalue weighted by molar-refractivity contribution is 0.122. The average Bonchev–Trinajstić information content (AvgIpc) is 2.49. The normalized spacial score (nSPS) is 32.1. The van der Waals surface area contributed by atoms with Gasteiger partial charge in [0, 0.05) is 65.7 Å². The third-order valence-electron chi connectivity index (χ3n) is 4.61. The van der Waals surface area contributed by atoms with Gasteiger partial charge in [-0.25, -0.2) is 0 Å². The van der Waals surface area contributed by atoms with Gasteiger partial charge in [-0.05, 0) is 25.9 Å². The van der Waals surface area contributed by atoms with Crippen LogP contribution in [-0.4, -0.2) is 98.4 Å². The van der Waals surface area contributed by atoms with E-state index in [1.54, 1.807) is 0 Å². The van der Waals surface area contributed by atoms with Gasteiger partial charge < -0.3 is 21.3 Å². The zero-order valence-electron chi connectivity index (χ0n) is 12.8. The predicted octanol–water partition coefficient (Wildman–Crippen LogP) is -1.17. The Morgan fingerprint density at radius 3 is 1.30 bits per heavy atom. The average molecular weight is 284 g/mol. The zero-order chi connectivity index (χ0) is 14.2. The Morgan fingerprint density at radius 2 is 0.900 bits per heavy atom. The van der Waals surface area contributed by atoms with Crippen LogP contribution in [0.1, 0.15) is 12.8 Å². The van der Waals surface area contributed by atoms with E-state index in [-0.39, 0.29) is 0 Å². The van der Waals surface area contributed by atoms with Crippen LogP contribution in [0.2, 0.25) is 0 Å². The van der Waals surface area contributed by atoms with E-state index < -0.39 is 0 Å². The first-order chi connectivity index (χ1) is 9.81. The second-order valence-corrected chi connectivity index (χ2v) is 5.99. The summed E-state index contributed by atoms with van der Waals surface area (Å²) < 4.78 is 0. The molecule has 0 radical (unpaired) electrons. The third-order valence-corrected chi connectivity index (χ3v) is 4.61. The van der Waals surface area contributed by atoms with Crippen LogP contribution in [0.25, 0.3) is 0 Å². The maximum Gasteiger partial charge on any atom is 0.0455 e. The highest BCUT2D eigenvalue weighted by Gasteiger charge is 2.16. The highest BCUT2D eigenvalue weighted by molar-refractivity contribution is 4.73. The lowest BCUT2D eigenvalue weighted by Gasteiger charge is -2.35. The molecule has 2 unspecified atom stereocenters. The van der Waals surface area contributed by atoms with Crippen LogP contribution >= 0.6 is 0 Å². The fourth-order valence-corrected chi connectivity index (χ4v) is 3.14. The van der Waals surface area contributed by atoms with Crippen molar-refractivity contribution in [2.24, 2.45) is 11.5 Å². The number of nitrogens with zero attached hydrogens (tertiary/aromatic N) is 4. The molecule has 2 aliphatic rings. The lowest BCUT2D eigenvalue weighted by Crippen LogP contribution is -2.48. The van der Waals surface area contributed by atoms with Crippen molar-refractivity contribution in [3.8, 4) is 0 Å². The molecular formula is C14H32N6. The number of hydrogen-bond acceptors (Lipinski definition) is 6. The minimum absolute atomic E-state index is 0.689. The summed E-state index contributed by atoms with van der Waals surface area (Å²) in [4.78, 5) is 9.96.